The van der Waals surface area contributed by atoms with Crippen molar-refractivity contribution in [3.63, 3.8) is 0 Å². The van der Waals surface area contributed by atoms with Crippen LogP contribution < -0.4 is 0 Å². The van der Waals surface area contributed by atoms with Crippen molar-refractivity contribution >= 4 is 10.0 Å². The predicted octanol–water partition coefficient (Wildman–Crippen LogP) is 4.80. The van der Waals surface area contributed by atoms with Crippen LogP contribution in [0.25, 0.3) is 0 Å². The zero-order valence-electron chi connectivity index (χ0n) is 17.5. The summed E-state index contributed by atoms with van der Waals surface area (Å²) in [6.07, 6.45) is 2.47. The van der Waals surface area contributed by atoms with E-state index in [1.807, 2.05) is 62.4 Å². The molecule has 156 valence electrons. The largest absolute Gasteiger partial charge is 0.372 e. The summed E-state index contributed by atoms with van der Waals surface area (Å²) in [5.74, 6) is 0.188. The smallest absolute Gasteiger partial charge is 0.243 e. The molecule has 2 aromatic carbocycles. The lowest BCUT2D eigenvalue weighted by molar-refractivity contribution is -0.0509. The Hall–Kier alpha value is -1.95. The molecule has 0 spiro atoms. The zero-order chi connectivity index (χ0) is 21.0. The average molecular weight is 414 g/mol. The Morgan fingerprint density at radius 2 is 1.83 bits per heavy atom. The molecular weight excluding hydrogens is 382 g/mol. The molecule has 0 N–H and O–H groups in total. The van der Waals surface area contributed by atoms with Crippen LogP contribution in [0.4, 0.5) is 0 Å². The van der Waals surface area contributed by atoms with Gasteiger partial charge in [0.05, 0.1) is 23.6 Å². The molecule has 0 aromatic heterocycles. The van der Waals surface area contributed by atoms with Crippen molar-refractivity contribution in [2.45, 2.75) is 50.8 Å². The number of benzene rings is 2. The summed E-state index contributed by atoms with van der Waals surface area (Å²) in [4.78, 5) is 0.334. The van der Waals surface area contributed by atoms with Crippen molar-refractivity contribution in [1.29, 1.82) is 0 Å². The number of hydrogen-bond donors (Lipinski definition) is 0. The molecule has 1 heterocycles. The minimum Gasteiger partial charge on any atom is -0.372 e. The molecule has 1 aliphatic rings. The van der Waals surface area contributed by atoms with Crippen LogP contribution in [-0.2, 0) is 21.4 Å². The van der Waals surface area contributed by atoms with Crippen molar-refractivity contribution in [1.82, 2.24) is 4.31 Å². The molecule has 4 nitrogen and oxygen atoms in total. The highest BCUT2D eigenvalue weighted by atomic mass is 32.2. The van der Waals surface area contributed by atoms with E-state index in [9.17, 15) is 8.42 Å². The molecule has 1 saturated heterocycles. The number of aryl methyl sites for hydroxylation is 1. The summed E-state index contributed by atoms with van der Waals surface area (Å²) in [7, 11) is -3.63. The molecule has 3 rings (SSSR count). The first kappa shape index (κ1) is 21.8. The van der Waals surface area contributed by atoms with Gasteiger partial charge in [-0.3, -0.25) is 0 Å². The summed E-state index contributed by atoms with van der Waals surface area (Å²) < 4.78 is 35.0. The molecule has 5 heteroatoms. The lowest BCUT2D eigenvalue weighted by Crippen LogP contribution is -2.56. The van der Waals surface area contributed by atoms with E-state index in [0.29, 0.717) is 18.0 Å². The van der Waals surface area contributed by atoms with E-state index in [2.05, 4.69) is 13.5 Å². The fourth-order valence-corrected chi connectivity index (χ4v) is 5.86. The molecule has 1 aliphatic heterocycles. The number of rotatable bonds is 7. The Morgan fingerprint density at radius 1 is 1.17 bits per heavy atom. The molecule has 0 bridgehead atoms. The molecule has 2 aromatic rings. The summed E-state index contributed by atoms with van der Waals surface area (Å²) in [5, 5.41) is 0. The first-order valence-electron chi connectivity index (χ1n) is 10.2. The van der Waals surface area contributed by atoms with E-state index >= 15 is 0 Å². The third-order valence-electron chi connectivity index (χ3n) is 5.68. The van der Waals surface area contributed by atoms with E-state index in [-0.39, 0.29) is 24.0 Å². The first-order chi connectivity index (χ1) is 13.8. The molecule has 0 saturated carbocycles. The first-order valence-corrected chi connectivity index (χ1v) is 11.6. The van der Waals surface area contributed by atoms with Gasteiger partial charge in [0.25, 0.3) is 0 Å². The maximum Gasteiger partial charge on any atom is 0.243 e. The zero-order valence-corrected chi connectivity index (χ0v) is 18.3. The Morgan fingerprint density at radius 3 is 2.45 bits per heavy atom. The SMILES string of the molecule is C=C[C@H](C)[C@H]1[C@H](OCc2ccccc2)C[C@H](C)CN1S(=O)(=O)c1ccc(C)cc1. The minimum absolute atomic E-state index is 0.0245. The van der Waals surface area contributed by atoms with Gasteiger partial charge >= 0.3 is 0 Å². The topological polar surface area (TPSA) is 46.6 Å². The molecule has 0 unspecified atom stereocenters. The van der Waals surface area contributed by atoms with Crippen LogP contribution in [0.5, 0.6) is 0 Å². The maximum atomic E-state index is 13.5. The molecule has 29 heavy (non-hydrogen) atoms. The van der Waals surface area contributed by atoms with Crippen molar-refractivity contribution in [2.75, 3.05) is 6.54 Å². The second-order valence-electron chi connectivity index (χ2n) is 8.15. The number of ether oxygens (including phenoxy) is 1. The maximum absolute atomic E-state index is 13.5. The third-order valence-corrected chi connectivity index (χ3v) is 7.56. The van der Waals surface area contributed by atoms with Gasteiger partial charge in [-0.1, -0.05) is 68.0 Å². The van der Waals surface area contributed by atoms with Crippen LogP contribution in [0.3, 0.4) is 0 Å². The van der Waals surface area contributed by atoms with E-state index in [1.165, 1.54) is 0 Å². The number of piperidine rings is 1. The van der Waals surface area contributed by atoms with E-state index in [0.717, 1.165) is 17.5 Å². The Labute approximate surface area is 175 Å². The Kier molecular flexibility index (Phi) is 6.93. The molecule has 0 aliphatic carbocycles. The van der Waals surface area contributed by atoms with Crippen LogP contribution in [0, 0.1) is 18.8 Å². The number of nitrogens with zero attached hydrogens (tertiary/aromatic N) is 1. The predicted molar refractivity (Wildman–Crippen MR) is 117 cm³/mol. The summed E-state index contributed by atoms with van der Waals surface area (Å²) >= 11 is 0. The van der Waals surface area contributed by atoms with Gasteiger partial charge in [-0.25, -0.2) is 8.42 Å². The van der Waals surface area contributed by atoms with Crippen molar-refractivity contribution in [3.05, 3.63) is 78.4 Å². The van der Waals surface area contributed by atoms with Gasteiger partial charge in [0.15, 0.2) is 0 Å². The van der Waals surface area contributed by atoms with Crippen LogP contribution >= 0.6 is 0 Å². The molecule has 4 atom stereocenters. The molecule has 0 amide bonds. The van der Waals surface area contributed by atoms with E-state index in [4.69, 9.17) is 4.74 Å². The summed E-state index contributed by atoms with van der Waals surface area (Å²) in [5.41, 5.74) is 2.12. The summed E-state index contributed by atoms with van der Waals surface area (Å²) in [6.45, 7) is 11.0. The molecule has 0 radical (unpaired) electrons. The summed E-state index contributed by atoms with van der Waals surface area (Å²) in [6, 6.07) is 16.8. The molecule has 1 fully saturated rings. The highest BCUT2D eigenvalue weighted by molar-refractivity contribution is 7.89. The van der Waals surface area contributed by atoms with Gasteiger partial charge in [0, 0.05) is 6.54 Å². The van der Waals surface area contributed by atoms with Gasteiger partial charge in [0.1, 0.15) is 0 Å². The number of sulfonamides is 1. The van der Waals surface area contributed by atoms with Crippen molar-refractivity contribution in [3.8, 4) is 0 Å². The highest BCUT2D eigenvalue weighted by Crippen LogP contribution is 2.34. The van der Waals surface area contributed by atoms with Gasteiger partial charge in [0.2, 0.25) is 10.0 Å². The van der Waals surface area contributed by atoms with Crippen LogP contribution in [0.15, 0.2) is 72.1 Å². The van der Waals surface area contributed by atoms with E-state index in [1.54, 1.807) is 16.4 Å². The quantitative estimate of drug-likeness (QED) is 0.613. The van der Waals surface area contributed by atoms with E-state index < -0.39 is 10.0 Å². The third kappa shape index (κ3) is 4.97. The Balaban J connectivity index is 1.91. The highest BCUT2D eigenvalue weighted by Gasteiger charge is 2.43. The van der Waals surface area contributed by atoms with Gasteiger partial charge in [-0.05, 0) is 42.9 Å². The van der Waals surface area contributed by atoms with Crippen molar-refractivity contribution < 1.29 is 13.2 Å². The fraction of sp³-hybridized carbons (Fsp3) is 0.417. The van der Waals surface area contributed by atoms with Crippen LogP contribution in [-0.4, -0.2) is 31.4 Å². The average Bonchev–Trinajstić information content (AvgIpc) is 2.72. The van der Waals surface area contributed by atoms with Gasteiger partial charge < -0.3 is 4.74 Å². The Bertz CT molecular complexity index is 909. The monoisotopic (exact) mass is 413 g/mol. The van der Waals surface area contributed by atoms with Crippen molar-refractivity contribution in [2.24, 2.45) is 11.8 Å². The second kappa shape index (κ2) is 9.24. The lowest BCUT2D eigenvalue weighted by Gasteiger charge is -2.44. The van der Waals surface area contributed by atoms with Crippen LogP contribution in [0.1, 0.15) is 31.4 Å². The normalized spacial score (nSPS) is 24.2. The van der Waals surface area contributed by atoms with Crippen LogP contribution in [0.2, 0.25) is 0 Å². The lowest BCUT2D eigenvalue weighted by atomic mass is 9.86. The second-order valence-corrected chi connectivity index (χ2v) is 10.0. The molecular formula is C24H31NO3S. The standard InChI is InChI=1S/C24H31NO3S/c1-5-20(4)24-23(28-17-21-9-7-6-8-10-21)15-19(3)16-25(24)29(26,27)22-13-11-18(2)12-14-22/h5-14,19-20,23-24H,1,15-17H2,2-4H3/t19-,20-,23+,24-/m0/s1. The fourth-order valence-electron chi connectivity index (χ4n) is 4.01. The van der Waals surface area contributed by atoms with Gasteiger partial charge in [-0.2, -0.15) is 4.31 Å². The minimum atomic E-state index is -3.63. The van der Waals surface area contributed by atoms with Gasteiger partial charge in [-0.15, -0.1) is 6.58 Å². The number of hydrogen-bond acceptors (Lipinski definition) is 3.